The minimum Gasteiger partial charge on any atom is -0.350 e. The molecule has 0 spiro atoms. The maximum atomic E-state index is 12.3. The van der Waals surface area contributed by atoms with E-state index in [1.54, 1.807) is 0 Å². The van der Waals surface area contributed by atoms with E-state index in [1.165, 1.54) is 0 Å². The van der Waals surface area contributed by atoms with Crippen molar-refractivity contribution in [1.82, 2.24) is 10.6 Å². The van der Waals surface area contributed by atoms with Crippen molar-refractivity contribution < 1.29 is 9.59 Å². The Hall–Kier alpha value is -1.88. The summed E-state index contributed by atoms with van der Waals surface area (Å²) in [5.41, 5.74) is 1.34. The molecule has 1 aromatic carbocycles. The van der Waals surface area contributed by atoms with Gasteiger partial charge in [-0.3, -0.25) is 9.59 Å². The fraction of sp³-hybridized carbons (Fsp3) is 0.556. The standard InChI is InChI=1S/C18H27N3O2/c1-13(2)16(22)21-15-8-6-14(7-9-15)12-19-17(23)18(3)10-4-5-11-20-18/h6-9,13,20H,4-5,10-12H2,1-3H3,(H,19,23)(H,21,22). The van der Waals surface area contributed by atoms with Crippen LogP contribution in [0.5, 0.6) is 0 Å². The van der Waals surface area contributed by atoms with E-state index >= 15 is 0 Å². The molecule has 2 rings (SSSR count). The zero-order valence-corrected chi connectivity index (χ0v) is 14.2. The molecule has 1 aromatic rings. The highest BCUT2D eigenvalue weighted by molar-refractivity contribution is 5.92. The Kier molecular flexibility index (Phi) is 5.77. The van der Waals surface area contributed by atoms with Crippen molar-refractivity contribution in [3.05, 3.63) is 29.8 Å². The molecule has 5 heteroatoms. The first-order valence-electron chi connectivity index (χ1n) is 8.34. The van der Waals surface area contributed by atoms with E-state index in [0.717, 1.165) is 37.1 Å². The number of anilines is 1. The Balaban J connectivity index is 1.86. The molecule has 3 N–H and O–H groups in total. The summed E-state index contributed by atoms with van der Waals surface area (Å²) in [6.07, 6.45) is 3.09. The van der Waals surface area contributed by atoms with Crippen molar-refractivity contribution in [3.63, 3.8) is 0 Å². The van der Waals surface area contributed by atoms with E-state index in [-0.39, 0.29) is 17.7 Å². The molecule has 0 aromatic heterocycles. The van der Waals surface area contributed by atoms with Crippen molar-refractivity contribution in [2.24, 2.45) is 5.92 Å². The zero-order valence-electron chi connectivity index (χ0n) is 14.2. The molecule has 0 radical (unpaired) electrons. The molecule has 1 aliphatic heterocycles. The van der Waals surface area contributed by atoms with Crippen LogP contribution in [0.3, 0.4) is 0 Å². The second kappa shape index (κ2) is 7.59. The summed E-state index contributed by atoms with van der Waals surface area (Å²) >= 11 is 0. The first-order chi connectivity index (χ1) is 10.9. The third kappa shape index (κ3) is 4.79. The van der Waals surface area contributed by atoms with Crippen molar-refractivity contribution >= 4 is 17.5 Å². The third-order valence-corrected chi connectivity index (χ3v) is 4.32. The normalized spacial score (nSPS) is 21.0. The van der Waals surface area contributed by atoms with Crippen LogP contribution in [0.1, 0.15) is 45.6 Å². The Morgan fingerprint density at radius 3 is 2.48 bits per heavy atom. The molecule has 0 bridgehead atoms. The van der Waals surface area contributed by atoms with E-state index in [2.05, 4.69) is 16.0 Å². The van der Waals surface area contributed by atoms with Crippen molar-refractivity contribution in [2.45, 2.75) is 52.1 Å². The van der Waals surface area contributed by atoms with E-state index in [0.29, 0.717) is 6.54 Å². The van der Waals surface area contributed by atoms with Gasteiger partial charge in [0.2, 0.25) is 11.8 Å². The van der Waals surface area contributed by atoms with Crippen LogP contribution in [-0.4, -0.2) is 23.9 Å². The second-order valence-corrected chi connectivity index (χ2v) is 6.74. The van der Waals surface area contributed by atoms with Crippen LogP contribution in [-0.2, 0) is 16.1 Å². The van der Waals surface area contributed by atoms with Gasteiger partial charge in [-0.05, 0) is 50.4 Å². The average molecular weight is 317 g/mol. The molecule has 126 valence electrons. The van der Waals surface area contributed by atoms with Gasteiger partial charge in [0.25, 0.3) is 0 Å². The lowest BCUT2D eigenvalue weighted by Crippen LogP contribution is -2.56. The smallest absolute Gasteiger partial charge is 0.240 e. The molecule has 1 fully saturated rings. The maximum absolute atomic E-state index is 12.3. The minimum atomic E-state index is -0.455. The summed E-state index contributed by atoms with van der Waals surface area (Å²) in [5.74, 6) is 0.00874. The summed E-state index contributed by atoms with van der Waals surface area (Å²) < 4.78 is 0. The van der Waals surface area contributed by atoms with E-state index in [9.17, 15) is 9.59 Å². The van der Waals surface area contributed by atoms with Crippen molar-refractivity contribution in [1.29, 1.82) is 0 Å². The number of rotatable bonds is 5. The predicted molar refractivity (Wildman–Crippen MR) is 92.0 cm³/mol. The zero-order chi connectivity index (χ0) is 16.9. The second-order valence-electron chi connectivity index (χ2n) is 6.74. The first-order valence-corrected chi connectivity index (χ1v) is 8.34. The SMILES string of the molecule is CC(C)C(=O)Nc1ccc(CNC(=O)C2(C)CCCCN2)cc1. The molecule has 1 aliphatic rings. The van der Waals surface area contributed by atoms with E-state index in [4.69, 9.17) is 0 Å². The average Bonchev–Trinajstić information content (AvgIpc) is 2.54. The lowest BCUT2D eigenvalue weighted by molar-refractivity contribution is -0.128. The lowest BCUT2D eigenvalue weighted by atomic mass is 9.90. The number of hydrogen-bond donors (Lipinski definition) is 3. The van der Waals surface area contributed by atoms with Gasteiger partial charge in [0.05, 0.1) is 5.54 Å². The maximum Gasteiger partial charge on any atom is 0.240 e. The first kappa shape index (κ1) is 17.5. The van der Waals surface area contributed by atoms with Crippen LogP contribution in [0.25, 0.3) is 0 Å². The molecule has 0 aliphatic carbocycles. The van der Waals surface area contributed by atoms with Gasteiger partial charge in [-0.2, -0.15) is 0 Å². The van der Waals surface area contributed by atoms with Crippen molar-refractivity contribution in [2.75, 3.05) is 11.9 Å². The van der Waals surface area contributed by atoms with Gasteiger partial charge in [-0.25, -0.2) is 0 Å². The highest BCUT2D eigenvalue weighted by Crippen LogP contribution is 2.19. The molecular weight excluding hydrogens is 290 g/mol. The Morgan fingerprint density at radius 1 is 1.22 bits per heavy atom. The Morgan fingerprint density at radius 2 is 1.91 bits per heavy atom. The molecule has 23 heavy (non-hydrogen) atoms. The molecule has 1 saturated heterocycles. The summed E-state index contributed by atoms with van der Waals surface area (Å²) in [4.78, 5) is 24.0. The molecular formula is C18H27N3O2. The van der Waals surface area contributed by atoms with Gasteiger partial charge in [0.15, 0.2) is 0 Å². The quantitative estimate of drug-likeness (QED) is 0.781. The minimum absolute atomic E-state index is 0.00218. The van der Waals surface area contributed by atoms with Gasteiger partial charge < -0.3 is 16.0 Å². The molecule has 1 heterocycles. The fourth-order valence-electron chi connectivity index (χ4n) is 2.62. The molecule has 1 unspecified atom stereocenters. The van der Waals surface area contributed by atoms with Gasteiger partial charge in [0, 0.05) is 18.2 Å². The topological polar surface area (TPSA) is 70.2 Å². The van der Waals surface area contributed by atoms with Crippen LogP contribution in [0.2, 0.25) is 0 Å². The Labute approximate surface area is 138 Å². The number of carbonyl (C=O) groups is 2. The van der Waals surface area contributed by atoms with Gasteiger partial charge in [-0.1, -0.05) is 26.0 Å². The number of carbonyl (C=O) groups excluding carboxylic acids is 2. The molecule has 1 atom stereocenters. The number of nitrogens with one attached hydrogen (secondary N) is 3. The third-order valence-electron chi connectivity index (χ3n) is 4.32. The van der Waals surface area contributed by atoms with Gasteiger partial charge in [-0.15, -0.1) is 0 Å². The van der Waals surface area contributed by atoms with Crippen molar-refractivity contribution in [3.8, 4) is 0 Å². The summed E-state index contributed by atoms with van der Waals surface area (Å²) in [6.45, 7) is 7.08. The molecule has 5 nitrogen and oxygen atoms in total. The fourth-order valence-corrected chi connectivity index (χ4v) is 2.62. The summed E-state index contributed by atoms with van der Waals surface area (Å²) in [7, 11) is 0. The van der Waals surface area contributed by atoms with Gasteiger partial charge >= 0.3 is 0 Å². The summed E-state index contributed by atoms with van der Waals surface area (Å²) in [5, 5.41) is 9.17. The van der Waals surface area contributed by atoms with E-state index < -0.39 is 5.54 Å². The summed E-state index contributed by atoms with van der Waals surface area (Å²) in [6, 6.07) is 7.57. The van der Waals surface area contributed by atoms with Crippen LogP contribution < -0.4 is 16.0 Å². The van der Waals surface area contributed by atoms with Crippen LogP contribution >= 0.6 is 0 Å². The number of amides is 2. The predicted octanol–water partition coefficient (Wildman–Crippen LogP) is 2.43. The van der Waals surface area contributed by atoms with Crippen LogP contribution in [0, 0.1) is 5.92 Å². The molecule has 0 saturated carbocycles. The number of piperidine rings is 1. The monoisotopic (exact) mass is 317 g/mol. The highest BCUT2D eigenvalue weighted by Gasteiger charge is 2.33. The largest absolute Gasteiger partial charge is 0.350 e. The Bertz CT molecular complexity index is 546. The van der Waals surface area contributed by atoms with Gasteiger partial charge in [0.1, 0.15) is 0 Å². The van der Waals surface area contributed by atoms with Crippen LogP contribution in [0.4, 0.5) is 5.69 Å². The van der Waals surface area contributed by atoms with Crippen LogP contribution in [0.15, 0.2) is 24.3 Å². The highest BCUT2D eigenvalue weighted by atomic mass is 16.2. The molecule has 2 amide bonds. The lowest BCUT2D eigenvalue weighted by Gasteiger charge is -2.33. The van der Waals surface area contributed by atoms with E-state index in [1.807, 2.05) is 45.0 Å². The number of hydrogen-bond acceptors (Lipinski definition) is 3. The number of benzene rings is 1.